The van der Waals surface area contributed by atoms with Crippen molar-refractivity contribution in [1.29, 1.82) is 0 Å². The number of hydrogen-bond donors (Lipinski definition) is 2. The molecule has 0 unspecified atom stereocenters. The lowest BCUT2D eigenvalue weighted by molar-refractivity contribution is 0.244. The maximum atomic E-state index is 5.85. The first kappa shape index (κ1) is 18.2. The second kappa shape index (κ2) is 9.22. The van der Waals surface area contributed by atoms with E-state index in [9.17, 15) is 0 Å². The minimum atomic E-state index is 0.120. The first-order valence-corrected chi connectivity index (χ1v) is 9.48. The molecule has 0 saturated carbocycles. The van der Waals surface area contributed by atoms with Crippen LogP contribution in [-0.2, 0) is 0 Å². The van der Waals surface area contributed by atoms with Crippen LogP contribution in [0.15, 0.2) is 48.2 Å². The molecule has 1 aromatic heterocycles. The molecule has 1 aromatic carbocycles. The van der Waals surface area contributed by atoms with E-state index >= 15 is 0 Å². The number of aromatic nitrogens is 2. The summed E-state index contributed by atoms with van der Waals surface area (Å²) in [5.41, 5.74) is 2.45. The van der Waals surface area contributed by atoms with Gasteiger partial charge in [-0.3, -0.25) is 0 Å². The molecule has 0 saturated heterocycles. The van der Waals surface area contributed by atoms with Gasteiger partial charge < -0.3 is 15.4 Å². The molecule has 5 heteroatoms. The highest BCUT2D eigenvalue weighted by molar-refractivity contribution is 5.64. The molecule has 0 atom stereocenters. The number of ether oxygens (including phenoxy) is 1. The highest BCUT2D eigenvalue weighted by Gasteiger charge is 2.07. The first-order chi connectivity index (χ1) is 12.7. The van der Waals surface area contributed by atoms with Crippen molar-refractivity contribution in [3.05, 3.63) is 48.2 Å². The standard InChI is InChI=1S/C21H28N4O/c1-16(2)26-19-11-7-6-10-18(19)24-20-13-15-23-21(25-20)22-14-12-17-8-4-3-5-9-17/h6-8,10-11,13,15-16H,3-5,9,12,14H2,1-2H3,(H2,22,23,24,25). The molecule has 0 bridgehead atoms. The van der Waals surface area contributed by atoms with Crippen LogP contribution < -0.4 is 15.4 Å². The van der Waals surface area contributed by atoms with Gasteiger partial charge >= 0.3 is 0 Å². The zero-order valence-corrected chi connectivity index (χ0v) is 15.7. The average molecular weight is 352 g/mol. The molecule has 0 radical (unpaired) electrons. The summed E-state index contributed by atoms with van der Waals surface area (Å²) in [6.07, 6.45) is 10.4. The third-order valence-corrected chi connectivity index (χ3v) is 4.28. The predicted molar refractivity (Wildman–Crippen MR) is 107 cm³/mol. The predicted octanol–water partition coefficient (Wildman–Crippen LogP) is 5.31. The van der Waals surface area contributed by atoms with Crippen LogP contribution in [0.5, 0.6) is 5.75 Å². The maximum Gasteiger partial charge on any atom is 0.224 e. The lowest BCUT2D eigenvalue weighted by Gasteiger charge is -2.15. The SMILES string of the molecule is CC(C)Oc1ccccc1Nc1ccnc(NCCC2=CCCCC2)n1. The molecule has 0 spiro atoms. The van der Waals surface area contributed by atoms with E-state index in [1.165, 1.54) is 25.7 Å². The summed E-state index contributed by atoms with van der Waals surface area (Å²) < 4.78 is 5.85. The zero-order chi connectivity index (χ0) is 18.2. The Kier molecular flexibility index (Phi) is 6.47. The number of anilines is 3. The Morgan fingerprint density at radius 3 is 2.85 bits per heavy atom. The molecule has 1 aliphatic rings. The van der Waals surface area contributed by atoms with Crippen LogP contribution in [0.4, 0.5) is 17.5 Å². The average Bonchev–Trinajstić information content (AvgIpc) is 2.64. The summed E-state index contributed by atoms with van der Waals surface area (Å²) in [5.74, 6) is 2.22. The Morgan fingerprint density at radius 1 is 1.15 bits per heavy atom. The van der Waals surface area contributed by atoms with Crippen LogP contribution in [0.2, 0.25) is 0 Å². The first-order valence-electron chi connectivity index (χ1n) is 9.48. The lowest BCUT2D eigenvalue weighted by atomic mass is 9.97. The second-order valence-electron chi connectivity index (χ2n) is 6.84. The molecule has 0 amide bonds. The zero-order valence-electron chi connectivity index (χ0n) is 15.7. The molecule has 138 valence electrons. The van der Waals surface area contributed by atoms with E-state index < -0.39 is 0 Å². The van der Waals surface area contributed by atoms with Crippen LogP contribution in [0, 0.1) is 0 Å². The van der Waals surface area contributed by atoms with E-state index in [1.54, 1.807) is 11.8 Å². The number of allylic oxidation sites excluding steroid dienone is 1. The van der Waals surface area contributed by atoms with Gasteiger partial charge in [-0.25, -0.2) is 4.98 Å². The van der Waals surface area contributed by atoms with Gasteiger partial charge in [0.25, 0.3) is 0 Å². The fourth-order valence-electron chi connectivity index (χ4n) is 3.04. The fraction of sp³-hybridized carbons (Fsp3) is 0.429. The largest absolute Gasteiger partial charge is 0.489 e. The Bertz CT molecular complexity index is 742. The molecule has 0 aliphatic heterocycles. The van der Waals surface area contributed by atoms with Gasteiger partial charge in [-0.05, 0) is 64.2 Å². The van der Waals surface area contributed by atoms with Gasteiger partial charge in [0.15, 0.2) is 0 Å². The van der Waals surface area contributed by atoms with Gasteiger partial charge in [0.1, 0.15) is 11.6 Å². The van der Waals surface area contributed by atoms with E-state index in [-0.39, 0.29) is 6.10 Å². The molecule has 1 heterocycles. The summed E-state index contributed by atoms with van der Waals surface area (Å²) in [4.78, 5) is 8.88. The van der Waals surface area contributed by atoms with Crippen molar-refractivity contribution in [2.45, 2.75) is 52.1 Å². The third kappa shape index (κ3) is 5.48. The highest BCUT2D eigenvalue weighted by Crippen LogP contribution is 2.27. The number of benzene rings is 1. The van der Waals surface area contributed by atoms with Gasteiger partial charge in [-0.2, -0.15) is 4.98 Å². The Morgan fingerprint density at radius 2 is 2.04 bits per heavy atom. The number of para-hydroxylation sites is 2. The van der Waals surface area contributed by atoms with Crippen molar-refractivity contribution in [2.75, 3.05) is 17.2 Å². The van der Waals surface area contributed by atoms with Gasteiger partial charge in [-0.15, -0.1) is 0 Å². The molecule has 26 heavy (non-hydrogen) atoms. The Hall–Kier alpha value is -2.56. The summed E-state index contributed by atoms with van der Waals surface area (Å²) in [6.45, 7) is 4.90. The molecule has 5 nitrogen and oxygen atoms in total. The topological polar surface area (TPSA) is 59.1 Å². The number of nitrogens with zero attached hydrogens (tertiary/aromatic N) is 2. The van der Waals surface area contributed by atoms with Crippen LogP contribution in [0.3, 0.4) is 0 Å². The Labute approximate surface area is 155 Å². The highest BCUT2D eigenvalue weighted by atomic mass is 16.5. The molecule has 0 fully saturated rings. The smallest absolute Gasteiger partial charge is 0.224 e. The maximum absolute atomic E-state index is 5.85. The molecule has 3 rings (SSSR count). The van der Waals surface area contributed by atoms with Crippen LogP contribution in [-0.4, -0.2) is 22.6 Å². The van der Waals surface area contributed by atoms with Gasteiger partial charge in [0.05, 0.1) is 11.8 Å². The number of hydrogen-bond acceptors (Lipinski definition) is 5. The van der Waals surface area contributed by atoms with Crippen LogP contribution in [0.1, 0.15) is 46.0 Å². The number of nitrogens with one attached hydrogen (secondary N) is 2. The molecule has 2 aromatic rings. The molecular weight excluding hydrogens is 324 g/mol. The minimum absolute atomic E-state index is 0.120. The fourth-order valence-corrected chi connectivity index (χ4v) is 3.04. The normalized spacial score (nSPS) is 14.0. The van der Waals surface area contributed by atoms with Gasteiger partial charge in [-0.1, -0.05) is 23.8 Å². The molecule has 1 aliphatic carbocycles. The van der Waals surface area contributed by atoms with E-state index in [0.29, 0.717) is 5.95 Å². The van der Waals surface area contributed by atoms with Gasteiger partial charge in [0.2, 0.25) is 5.95 Å². The van der Waals surface area contributed by atoms with E-state index in [0.717, 1.165) is 30.2 Å². The van der Waals surface area contributed by atoms with Crippen LogP contribution >= 0.6 is 0 Å². The van der Waals surface area contributed by atoms with Crippen LogP contribution in [0.25, 0.3) is 0 Å². The third-order valence-electron chi connectivity index (χ3n) is 4.28. The van der Waals surface area contributed by atoms with E-state index in [2.05, 4.69) is 26.7 Å². The van der Waals surface area contributed by atoms with Crippen molar-refractivity contribution < 1.29 is 4.74 Å². The van der Waals surface area contributed by atoms with Crippen molar-refractivity contribution in [2.24, 2.45) is 0 Å². The van der Waals surface area contributed by atoms with Crippen molar-refractivity contribution in [1.82, 2.24) is 9.97 Å². The summed E-state index contributed by atoms with van der Waals surface area (Å²) in [5, 5.41) is 6.66. The molecular formula is C21H28N4O. The van der Waals surface area contributed by atoms with Crippen molar-refractivity contribution in [3.63, 3.8) is 0 Å². The van der Waals surface area contributed by atoms with Crippen molar-refractivity contribution in [3.8, 4) is 5.75 Å². The Balaban J connectivity index is 1.60. The summed E-state index contributed by atoms with van der Waals surface area (Å²) >= 11 is 0. The van der Waals surface area contributed by atoms with E-state index in [1.807, 2.05) is 44.2 Å². The summed E-state index contributed by atoms with van der Waals surface area (Å²) in [6, 6.07) is 9.76. The second-order valence-corrected chi connectivity index (χ2v) is 6.84. The number of rotatable bonds is 8. The monoisotopic (exact) mass is 352 g/mol. The quantitative estimate of drug-likeness (QED) is 0.631. The minimum Gasteiger partial charge on any atom is -0.489 e. The lowest BCUT2D eigenvalue weighted by Crippen LogP contribution is -2.09. The van der Waals surface area contributed by atoms with Crippen molar-refractivity contribution >= 4 is 17.5 Å². The molecule has 2 N–H and O–H groups in total. The van der Waals surface area contributed by atoms with E-state index in [4.69, 9.17) is 4.74 Å². The summed E-state index contributed by atoms with van der Waals surface area (Å²) in [7, 11) is 0. The van der Waals surface area contributed by atoms with Gasteiger partial charge in [0, 0.05) is 12.7 Å².